The zero-order valence-electron chi connectivity index (χ0n) is 17.7. The molecule has 4 rings (SSSR count). The van der Waals surface area contributed by atoms with Gasteiger partial charge >= 0.3 is 0 Å². The van der Waals surface area contributed by atoms with Gasteiger partial charge in [-0.3, -0.25) is 9.59 Å². The summed E-state index contributed by atoms with van der Waals surface area (Å²) in [6, 6.07) is 14.1. The average molecular weight is 405 g/mol. The van der Waals surface area contributed by atoms with Crippen molar-refractivity contribution in [1.82, 2.24) is 5.32 Å². The van der Waals surface area contributed by atoms with Gasteiger partial charge in [-0.25, -0.2) is 0 Å². The Hall–Kier alpha value is -3.08. The fourth-order valence-corrected chi connectivity index (χ4v) is 4.67. The second-order valence-corrected chi connectivity index (χ2v) is 7.90. The molecule has 5 heteroatoms. The summed E-state index contributed by atoms with van der Waals surface area (Å²) in [4.78, 5) is 25.9. The number of ether oxygens (including phenoxy) is 2. The summed E-state index contributed by atoms with van der Waals surface area (Å²) in [5.74, 6) is 0.953. The van der Waals surface area contributed by atoms with Crippen LogP contribution in [-0.2, 0) is 16.0 Å². The van der Waals surface area contributed by atoms with Crippen LogP contribution in [0.25, 0.3) is 0 Å². The Labute approximate surface area is 177 Å². The minimum Gasteiger partial charge on any atom is -0.493 e. The molecule has 0 aromatic heterocycles. The van der Waals surface area contributed by atoms with Crippen LogP contribution >= 0.6 is 0 Å². The minimum absolute atomic E-state index is 0.0709. The Morgan fingerprint density at radius 3 is 2.40 bits per heavy atom. The molecule has 1 aliphatic heterocycles. The molecule has 30 heavy (non-hydrogen) atoms. The van der Waals surface area contributed by atoms with E-state index in [1.54, 1.807) is 14.2 Å². The van der Waals surface area contributed by atoms with Crippen LogP contribution in [0.5, 0.6) is 11.5 Å². The summed E-state index contributed by atoms with van der Waals surface area (Å²) in [5, 5.41) is 2.98. The molecule has 2 aromatic carbocycles. The maximum Gasteiger partial charge on any atom is 0.225 e. The van der Waals surface area contributed by atoms with E-state index in [1.165, 1.54) is 5.56 Å². The number of rotatable bonds is 5. The molecule has 2 atom stereocenters. The van der Waals surface area contributed by atoms with Gasteiger partial charge in [0.05, 0.1) is 14.2 Å². The summed E-state index contributed by atoms with van der Waals surface area (Å²) in [7, 11) is 3.16. The molecule has 1 heterocycles. The molecule has 0 radical (unpaired) electrons. The van der Waals surface area contributed by atoms with Crippen LogP contribution in [0.3, 0.4) is 0 Å². The highest BCUT2D eigenvalue weighted by Crippen LogP contribution is 2.46. The molecule has 0 saturated heterocycles. The van der Waals surface area contributed by atoms with E-state index < -0.39 is 0 Å². The molecule has 1 aliphatic carbocycles. The summed E-state index contributed by atoms with van der Waals surface area (Å²) in [6.07, 6.45) is 2.31. The van der Waals surface area contributed by atoms with Crippen LogP contribution in [-0.4, -0.2) is 25.9 Å². The number of aryl methyl sites for hydroxylation is 1. The Morgan fingerprint density at radius 2 is 1.73 bits per heavy atom. The highest BCUT2D eigenvalue weighted by Gasteiger charge is 2.39. The number of carbonyl (C=O) groups excluding carboxylic acids is 2. The first-order chi connectivity index (χ1) is 14.5. The van der Waals surface area contributed by atoms with Crippen molar-refractivity contribution in [3.05, 3.63) is 70.4 Å². The molecule has 2 unspecified atom stereocenters. The predicted octanol–water partition coefficient (Wildman–Crippen LogP) is 4.27. The van der Waals surface area contributed by atoms with Gasteiger partial charge in [0, 0.05) is 35.6 Å². The Kier molecular flexibility index (Phi) is 5.62. The van der Waals surface area contributed by atoms with Crippen molar-refractivity contribution in [2.75, 3.05) is 14.2 Å². The van der Waals surface area contributed by atoms with E-state index in [0.29, 0.717) is 29.9 Å². The normalized spacial score (nSPS) is 21.2. The SMILES string of the molecule is CCc1ccc(C2CC(=O)C3=C(C2)NC(=O)CC3c2cccc(OC)c2OC)cc1. The maximum absolute atomic E-state index is 13.3. The van der Waals surface area contributed by atoms with E-state index in [9.17, 15) is 9.59 Å². The van der Waals surface area contributed by atoms with Crippen LogP contribution < -0.4 is 14.8 Å². The van der Waals surface area contributed by atoms with Gasteiger partial charge in [-0.15, -0.1) is 0 Å². The fourth-order valence-electron chi connectivity index (χ4n) is 4.67. The van der Waals surface area contributed by atoms with E-state index in [1.807, 2.05) is 18.2 Å². The van der Waals surface area contributed by atoms with Gasteiger partial charge < -0.3 is 14.8 Å². The van der Waals surface area contributed by atoms with Crippen molar-refractivity contribution in [2.24, 2.45) is 0 Å². The number of allylic oxidation sites excluding steroid dienone is 2. The van der Waals surface area contributed by atoms with Gasteiger partial charge in [-0.05, 0) is 36.0 Å². The van der Waals surface area contributed by atoms with Crippen molar-refractivity contribution < 1.29 is 19.1 Å². The van der Waals surface area contributed by atoms with Crippen molar-refractivity contribution in [1.29, 1.82) is 0 Å². The van der Waals surface area contributed by atoms with Crippen molar-refractivity contribution in [3.8, 4) is 11.5 Å². The summed E-state index contributed by atoms with van der Waals surface area (Å²) < 4.78 is 11.0. The van der Waals surface area contributed by atoms with Gasteiger partial charge in [0.15, 0.2) is 17.3 Å². The van der Waals surface area contributed by atoms with Crippen LogP contribution in [0.4, 0.5) is 0 Å². The molecule has 2 aliphatic rings. The molecular formula is C25H27NO4. The number of nitrogens with one attached hydrogen (secondary N) is 1. The van der Waals surface area contributed by atoms with E-state index in [-0.39, 0.29) is 29.9 Å². The zero-order valence-corrected chi connectivity index (χ0v) is 17.7. The third kappa shape index (κ3) is 3.60. The number of methoxy groups -OCH3 is 2. The Balaban J connectivity index is 1.73. The highest BCUT2D eigenvalue weighted by molar-refractivity contribution is 6.02. The lowest BCUT2D eigenvalue weighted by molar-refractivity contribution is -0.122. The van der Waals surface area contributed by atoms with Gasteiger partial charge in [-0.1, -0.05) is 43.3 Å². The molecule has 0 saturated carbocycles. The van der Waals surface area contributed by atoms with Crippen molar-refractivity contribution in [3.63, 3.8) is 0 Å². The highest BCUT2D eigenvalue weighted by atomic mass is 16.5. The van der Waals surface area contributed by atoms with Gasteiger partial charge in [0.25, 0.3) is 0 Å². The van der Waals surface area contributed by atoms with Crippen molar-refractivity contribution in [2.45, 2.75) is 44.4 Å². The van der Waals surface area contributed by atoms with E-state index in [0.717, 1.165) is 23.2 Å². The minimum atomic E-state index is -0.324. The Morgan fingerprint density at radius 1 is 0.967 bits per heavy atom. The number of hydrogen-bond acceptors (Lipinski definition) is 4. The van der Waals surface area contributed by atoms with Crippen molar-refractivity contribution >= 4 is 11.7 Å². The van der Waals surface area contributed by atoms with Crippen LogP contribution in [0.1, 0.15) is 54.7 Å². The van der Waals surface area contributed by atoms with Gasteiger partial charge in [0.1, 0.15) is 0 Å². The molecule has 1 amide bonds. The molecule has 1 N–H and O–H groups in total. The number of benzene rings is 2. The summed E-state index contributed by atoms with van der Waals surface area (Å²) >= 11 is 0. The Bertz CT molecular complexity index is 1010. The monoisotopic (exact) mass is 405 g/mol. The third-order valence-electron chi connectivity index (χ3n) is 6.20. The zero-order chi connectivity index (χ0) is 21.3. The first-order valence-corrected chi connectivity index (χ1v) is 10.4. The second-order valence-electron chi connectivity index (χ2n) is 7.90. The number of amides is 1. The van der Waals surface area contributed by atoms with Crippen LogP contribution in [0.2, 0.25) is 0 Å². The topological polar surface area (TPSA) is 64.6 Å². The number of carbonyl (C=O) groups is 2. The number of hydrogen-bond donors (Lipinski definition) is 1. The maximum atomic E-state index is 13.3. The quantitative estimate of drug-likeness (QED) is 0.807. The van der Waals surface area contributed by atoms with Crippen LogP contribution in [0, 0.1) is 0 Å². The number of para-hydroxylation sites is 1. The van der Waals surface area contributed by atoms with Gasteiger partial charge in [-0.2, -0.15) is 0 Å². The molecule has 0 spiro atoms. The summed E-state index contributed by atoms with van der Waals surface area (Å²) in [5.41, 5.74) is 4.70. The first-order valence-electron chi connectivity index (χ1n) is 10.4. The third-order valence-corrected chi connectivity index (χ3v) is 6.20. The molecule has 2 aromatic rings. The van der Waals surface area contributed by atoms with Gasteiger partial charge in [0.2, 0.25) is 5.91 Å². The lowest BCUT2D eigenvalue weighted by Crippen LogP contribution is -2.38. The molecule has 156 valence electrons. The smallest absolute Gasteiger partial charge is 0.225 e. The van der Waals surface area contributed by atoms with E-state index in [4.69, 9.17) is 9.47 Å². The number of Topliss-reactive ketones (excluding diaryl/α,β-unsaturated/α-hetero) is 1. The predicted molar refractivity (Wildman–Crippen MR) is 115 cm³/mol. The molecular weight excluding hydrogens is 378 g/mol. The van der Waals surface area contributed by atoms with Crippen LogP contribution in [0.15, 0.2) is 53.7 Å². The molecule has 0 fully saturated rings. The largest absolute Gasteiger partial charge is 0.493 e. The van der Waals surface area contributed by atoms with E-state index in [2.05, 4.69) is 36.5 Å². The lowest BCUT2D eigenvalue weighted by atomic mass is 9.73. The standard InChI is InChI=1S/C25H27NO4/c1-4-15-8-10-16(11-9-15)17-12-20-24(21(27)13-17)19(14-23(28)26-20)18-6-5-7-22(29-2)25(18)30-3/h5-11,17,19H,4,12-14H2,1-3H3,(H,26,28). The number of ketones is 1. The first kappa shape index (κ1) is 20.2. The summed E-state index contributed by atoms with van der Waals surface area (Å²) in [6.45, 7) is 2.13. The average Bonchev–Trinajstić information content (AvgIpc) is 2.77. The molecule has 0 bridgehead atoms. The fraction of sp³-hybridized carbons (Fsp3) is 0.360. The molecule has 5 nitrogen and oxygen atoms in total. The second kappa shape index (κ2) is 8.34. The lowest BCUT2D eigenvalue weighted by Gasteiger charge is -2.35. The van der Waals surface area contributed by atoms with E-state index >= 15 is 0 Å².